The highest BCUT2D eigenvalue weighted by Gasteiger charge is 2.18. The number of hydrogen-bond donors (Lipinski definition) is 1. The van der Waals surface area contributed by atoms with Crippen LogP contribution in [0.5, 0.6) is 0 Å². The number of imidazole rings is 1. The lowest BCUT2D eigenvalue weighted by Gasteiger charge is -2.08. The number of methoxy groups -OCH3 is 1. The zero-order chi connectivity index (χ0) is 20.5. The maximum atomic E-state index is 12.9. The van der Waals surface area contributed by atoms with Gasteiger partial charge in [-0.15, -0.1) is 5.10 Å². The minimum Gasteiger partial charge on any atom is -0.469 e. The Hall–Kier alpha value is -3.07. The minimum atomic E-state index is -0.268. The highest BCUT2D eigenvalue weighted by molar-refractivity contribution is 7.99. The molecule has 0 saturated heterocycles. The van der Waals surface area contributed by atoms with Crippen molar-refractivity contribution in [2.45, 2.75) is 32.0 Å². The second-order valence-electron chi connectivity index (χ2n) is 6.74. The van der Waals surface area contributed by atoms with E-state index >= 15 is 0 Å². The van der Waals surface area contributed by atoms with E-state index in [2.05, 4.69) is 15.2 Å². The first-order chi connectivity index (χ1) is 14.0. The maximum absolute atomic E-state index is 12.9. The van der Waals surface area contributed by atoms with E-state index in [1.807, 2.05) is 53.1 Å². The number of para-hydroxylation sites is 2. The number of aromatic amines is 1. The third kappa shape index (κ3) is 3.53. The Morgan fingerprint density at radius 1 is 1.24 bits per heavy atom. The predicted octanol–water partition coefficient (Wildman–Crippen LogP) is 3.17. The van der Waals surface area contributed by atoms with Gasteiger partial charge in [-0.05, 0) is 32.0 Å². The van der Waals surface area contributed by atoms with E-state index in [0.717, 1.165) is 22.4 Å². The Kier molecular flexibility index (Phi) is 5.14. The topological polar surface area (TPSA) is 94.3 Å². The molecule has 0 unspecified atom stereocenters. The normalized spacial score (nSPS) is 11.4. The molecule has 0 aliphatic heterocycles. The Labute approximate surface area is 171 Å². The van der Waals surface area contributed by atoms with Gasteiger partial charge < -0.3 is 9.30 Å². The molecular weight excluding hydrogens is 390 g/mol. The molecular formula is C20H21N5O3S. The lowest BCUT2D eigenvalue weighted by molar-refractivity contribution is -0.140. The zero-order valence-corrected chi connectivity index (χ0v) is 17.2. The molecule has 0 saturated carbocycles. The summed E-state index contributed by atoms with van der Waals surface area (Å²) in [7, 11) is 1.37. The van der Waals surface area contributed by atoms with Gasteiger partial charge >= 0.3 is 5.97 Å². The maximum Gasteiger partial charge on any atom is 0.307 e. The smallest absolute Gasteiger partial charge is 0.307 e. The summed E-state index contributed by atoms with van der Waals surface area (Å²) in [6, 6.07) is 9.69. The van der Waals surface area contributed by atoms with Gasteiger partial charge in [0.25, 0.3) is 0 Å². The fraction of sp³-hybridized carbons (Fsp3) is 0.300. The van der Waals surface area contributed by atoms with Crippen LogP contribution in [0.1, 0.15) is 28.2 Å². The van der Waals surface area contributed by atoms with Crippen LogP contribution in [0.2, 0.25) is 0 Å². The number of thioether (sulfide) groups is 1. The number of rotatable bonds is 7. The van der Waals surface area contributed by atoms with Crippen molar-refractivity contribution in [2.24, 2.45) is 0 Å². The number of esters is 1. The third-order valence-electron chi connectivity index (χ3n) is 4.98. The van der Waals surface area contributed by atoms with E-state index in [0.29, 0.717) is 23.0 Å². The molecule has 1 aromatic carbocycles. The molecule has 0 aliphatic carbocycles. The van der Waals surface area contributed by atoms with Crippen LogP contribution in [0.4, 0.5) is 0 Å². The molecule has 0 radical (unpaired) electrons. The minimum absolute atomic E-state index is 0.0213. The number of carbonyl (C=O) groups excluding carboxylic acids is 2. The van der Waals surface area contributed by atoms with Crippen molar-refractivity contribution < 1.29 is 14.3 Å². The fourth-order valence-corrected chi connectivity index (χ4v) is 4.32. The molecule has 0 amide bonds. The molecule has 0 fully saturated rings. The Morgan fingerprint density at radius 2 is 2.03 bits per heavy atom. The number of Topliss-reactive ketones (excluding diaryl/α,β-unsaturated/α-hetero) is 1. The average Bonchev–Trinajstić information content (AvgIpc) is 3.37. The highest BCUT2D eigenvalue weighted by Crippen LogP contribution is 2.25. The molecule has 3 heterocycles. The number of fused-ring (bicyclic) bond motifs is 3. The van der Waals surface area contributed by atoms with E-state index in [9.17, 15) is 9.59 Å². The van der Waals surface area contributed by atoms with Crippen LogP contribution in [-0.2, 0) is 16.1 Å². The van der Waals surface area contributed by atoms with Crippen LogP contribution in [0.25, 0.3) is 16.8 Å². The first-order valence-corrected chi connectivity index (χ1v) is 10.2. The van der Waals surface area contributed by atoms with E-state index in [1.54, 1.807) is 0 Å². The predicted molar refractivity (Wildman–Crippen MR) is 110 cm³/mol. The van der Waals surface area contributed by atoms with Crippen LogP contribution in [0, 0.1) is 13.8 Å². The van der Waals surface area contributed by atoms with Crippen molar-refractivity contribution >= 4 is 40.3 Å². The first kappa shape index (κ1) is 19.3. The second kappa shape index (κ2) is 7.75. The summed E-state index contributed by atoms with van der Waals surface area (Å²) in [6.45, 7) is 4.33. The second-order valence-corrected chi connectivity index (χ2v) is 7.68. The van der Waals surface area contributed by atoms with E-state index in [1.165, 1.54) is 18.9 Å². The van der Waals surface area contributed by atoms with Crippen molar-refractivity contribution in [3.05, 3.63) is 47.3 Å². The van der Waals surface area contributed by atoms with Gasteiger partial charge in [0.05, 0.1) is 30.3 Å². The lowest BCUT2D eigenvalue weighted by atomic mass is 10.2. The van der Waals surface area contributed by atoms with Crippen molar-refractivity contribution in [2.75, 3.05) is 12.9 Å². The van der Waals surface area contributed by atoms with E-state index in [-0.39, 0.29) is 23.9 Å². The summed E-state index contributed by atoms with van der Waals surface area (Å²) in [6.07, 6.45) is 0.272. The standard InChI is InChI=1S/C20H21N5O3S/c1-12-10-14(13(2)24(12)9-8-18(27)28-3)17(26)11-29-20-23-22-19-21-15-6-4-5-7-16(15)25(19)20/h4-7,10H,8-9,11H2,1-3H3,(H,21,22). The van der Waals surface area contributed by atoms with Crippen molar-refractivity contribution in [3.8, 4) is 0 Å². The van der Waals surface area contributed by atoms with Gasteiger partial charge in [-0.2, -0.15) is 0 Å². The summed E-state index contributed by atoms with van der Waals surface area (Å²) in [5, 5.41) is 7.92. The molecule has 0 aliphatic rings. The summed E-state index contributed by atoms with van der Waals surface area (Å²) in [4.78, 5) is 28.8. The van der Waals surface area contributed by atoms with Crippen molar-refractivity contribution in [1.29, 1.82) is 0 Å². The number of nitrogens with one attached hydrogen (secondary N) is 1. The van der Waals surface area contributed by atoms with Crippen molar-refractivity contribution in [1.82, 2.24) is 24.1 Å². The SMILES string of the molecule is COC(=O)CCn1c(C)cc(C(=O)CSc2n[nH]c3nc4ccccc4n23)c1C. The van der Waals surface area contributed by atoms with Gasteiger partial charge in [0.2, 0.25) is 5.78 Å². The Bertz CT molecular complexity index is 1220. The van der Waals surface area contributed by atoms with Crippen molar-refractivity contribution in [3.63, 3.8) is 0 Å². The largest absolute Gasteiger partial charge is 0.469 e. The number of carbonyl (C=O) groups is 2. The van der Waals surface area contributed by atoms with Gasteiger partial charge in [-0.1, -0.05) is 23.9 Å². The van der Waals surface area contributed by atoms with Crippen LogP contribution < -0.4 is 0 Å². The molecule has 0 bridgehead atoms. The number of H-pyrrole nitrogens is 1. The number of ketones is 1. The van der Waals surface area contributed by atoms with Gasteiger partial charge in [0, 0.05) is 23.5 Å². The molecule has 4 rings (SSSR count). The summed E-state index contributed by atoms with van der Waals surface area (Å²) in [5.74, 6) is 0.666. The lowest BCUT2D eigenvalue weighted by Crippen LogP contribution is -2.10. The highest BCUT2D eigenvalue weighted by atomic mass is 32.2. The molecule has 29 heavy (non-hydrogen) atoms. The number of benzene rings is 1. The molecule has 3 aromatic heterocycles. The monoisotopic (exact) mass is 411 g/mol. The number of aryl methyl sites for hydroxylation is 1. The Balaban J connectivity index is 1.52. The zero-order valence-electron chi connectivity index (χ0n) is 16.4. The summed E-state index contributed by atoms with van der Waals surface area (Å²) < 4.78 is 8.61. The van der Waals surface area contributed by atoms with Crippen LogP contribution in [0.15, 0.2) is 35.5 Å². The van der Waals surface area contributed by atoms with Gasteiger partial charge in [0.1, 0.15) is 0 Å². The number of nitrogens with zero attached hydrogens (tertiary/aromatic N) is 4. The molecule has 0 spiro atoms. The first-order valence-electron chi connectivity index (χ1n) is 9.20. The summed E-state index contributed by atoms with van der Waals surface area (Å²) >= 11 is 1.37. The molecule has 0 atom stereocenters. The van der Waals surface area contributed by atoms with Crippen LogP contribution in [0.3, 0.4) is 0 Å². The van der Waals surface area contributed by atoms with Crippen LogP contribution in [-0.4, -0.2) is 48.8 Å². The molecule has 1 N–H and O–H groups in total. The average molecular weight is 411 g/mol. The van der Waals surface area contributed by atoms with Gasteiger partial charge in [0.15, 0.2) is 10.9 Å². The summed E-state index contributed by atoms with van der Waals surface area (Å²) in [5.41, 5.74) is 4.30. The Morgan fingerprint density at radius 3 is 2.83 bits per heavy atom. The van der Waals surface area contributed by atoms with E-state index in [4.69, 9.17) is 4.74 Å². The fourth-order valence-electron chi connectivity index (χ4n) is 3.48. The number of aromatic nitrogens is 5. The molecule has 8 nitrogen and oxygen atoms in total. The third-order valence-corrected chi connectivity index (χ3v) is 5.92. The van der Waals surface area contributed by atoms with Crippen LogP contribution >= 0.6 is 11.8 Å². The quantitative estimate of drug-likeness (QED) is 0.285. The molecule has 4 aromatic rings. The number of hydrogen-bond acceptors (Lipinski definition) is 6. The molecule has 150 valence electrons. The van der Waals surface area contributed by atoms with Gasteiger partial charge in [-0.25, -0.2) is 10.1 Å². The van der Waals surface area contributed by atoms with Gasteiger partial charge in [-0.3, -0.25) is 14.0 Å². The number of ether oxygens (including phenoxy) is 1. The molecule has 9 heteroatoms. The van der Waals surface area contributed by atoms with E-state index < -0.39 is 0 Å².